The molecule has 1 N–H and O–H groups in total. The Bertz CT molecular complexity index is 687. The van der Waals surface area contributed by atoms with Crippen molar-refractivity contribution in [1.82, 2.24) is 5.32 Å². The molecule has 0 aliphatic carbocycles. The second kappa shape index (κ2) is 8.57. The summed E-state index contributed by atoms with van der Waals surface area (Å²) in [6.45, 7) is -0.249. The van der Waals surface area contributed by atoms with Crippen LogP contribution in [0.4, 0.5) is 0 Å². The summed E-state index contributed by atoms with van der Waals surface area (Å²) in [7, 11) is 2.79. The molecule has 0 aromatic heterocycles. The second-order valence-corrected chi connectivity index (χ2v) is 4.87. The standard InChI is InChI=1S/C18H19NO5/c1-22-14-10-6-7-11-15(14)24-12-16(20)19-17(18(21)23-2)13-8-4-3-5-9-13/h3-11,17H,12H2,1-2H3,(H,19,20)/t17-/m0/s1. The molecule has 2 aromatic rings. The average molecular weight is 329 g/mol. The molecule has 0 saturated heterocycles. The first-order chi connectivity index (χ1) is 11.7. The molecule has 0 radical (unpaired) electrons. The lowest BCUT2D eigenvalue weighted by atomic mass is 10.1. The zero-order valence-electron chi connectivity index (χ0n) is 13.5. The van der Waals surface area contributed by atoms with Crippen molar-refractivity contribution in [2.24, 2.45) is 0 Å². The number of esters is 1. The van der Waals surface area contributed by atoms with Gasteiger partial charge in [-0.1, -0.05) is 42.5 Å². The third-order valence-corrected chi connectivity index (χ3v) is 3.30. The Morgan fingerprint density at radius 1 is 0.958 bits per heavy atom. The summed E-state index contributed by atoms with van der Waals surface area (Å²) >= 11 is 0. The Labute approximate surface area is 140 Å². The van der Waals surface area contributed by atoms with E-state index in [0.717, 1.165) is 0 Å². The number of hydrogen-bond acceptors (Lipinski definition) is 5. The molecule has 126 valence electrons. The normalized spacial score (nSPS) is 11.2. The van der Waals surface area contributed by atoms with Crippen LogP contribution in [-0.2, 0) is 14.3 Å². The minimum Gasteiger partial charge on any atom is -0.493 e. The van der Waals surface area contributed by atoms with E-state index in [4.69, 9.17) is 14.2 Å². The third kappa shape index (κ3) is 4.49. The number of carbonyl (C=O) groups is 2. The van der Waals surface area contributed by atoms with E-state index in [1.165, 1.54) is 14.2 Å². The minimum atomic E-state index is -0.884. The Balaban J connectivity index is 2.02. The first kappa shape index (κ1) is 17.3. The van der Waals surface area contributed by atoms with Gasteiger partial charge >= 0.3 is 5.97 Å². The molecule has 24 heavy (non-hydrogen) atoms. The molecule has 0 unspecified atom stereocenters. The molecule has 0 aliphatic rings. The van der Waals surface area contributed by atoms with Crippen molar-refractivity contribution in [3.8, 4) is 11.5 Å². The molecule has 2 rings (SSSR count). The fraction of sp³-hybridized carbons (Fsp3) is 0.222. The van der Waals surface area contributed by atoms with E-state index in [9.17, 15) is 9.59 Å². The van der Waals surface area contributed by atoms with Crippen LogP contribution < -0.4 is 14.8 Å². The minimum absolute atomic E-state index is 0.249. The number of hydrogen-bond donors (Lipinski definition) is 1. The Hall–Kier alpha value is -3.02. The van der Waals surface area contributed by atoms with Gasteiger partial charge in [0.2, 0.25) is 0 Å². The van der Waals surface area contributed by atoms with E-state index in [0.29, 0.717) is 17.1 Å². The highest BCUT2D eigenvalue weighted by atomic mass is 16.5. The first-order valence-corrected chi connectivity index (χ1v) is 7.33. The smallest absolute Gasteiger partial charge is 0.333 e. The second-order valence-electron chi connectivity index (χ2n) is 4.87. The van der Waals surface area contributed by atoms with E-state index >= 15 is 0 Å². The van der Waals surface area contributed by atoms with Crippen LogP contribution in [0, 0.1) is 0 Å². The number of rotatable bonds is 7. The van der Waals surface area contributed by atoms with E-state index in [1.807, 2.05) is 6.07 Å². The van der Waals surface area contributed by atoms with Gasteiger partial charge in [0.25, 0.3) is 5.91 Å². The molecule has 0 fully saturated rings. The molecule has 1 amide bonds. The highest BCUT2D eigenvalue weighted by molar-refractivity contribution is 5.86. The lowest BCUT2D eigenvalue weighted by Crippen LogP contribution is -2.37. The lowest BCUT2D eigenvalue weighted by Gasteiger charge is -2.17. The molecule has 1 atom stereocenters. The predicted octanol–water partition coefficient (Wildman–Crippen LogP) is 2.10. The zero-order valence-corrected chi connectivity index (χ0v) is 13.5. The summed E-state index contributed by atoms with van der Waals surface area (Å²) in [5.41, 5.74) is 0.634. The van der Waals surface area contributed by atoms with Crippen LogP contribution in [0.25, 0.3) is 0 Å². The van der Waals surface area contributed by atoms with Crippen LogP contribution in [0.5, 0.6) is 11.5 Å². The van der Waals surface area contributed by atoms with Crippen molar-refractivity contribution < 1.29 is 23.8 Å². The summed E-state index contributed by atoms with van der Waals surface area (Å²) < 4.78 is 15.4. The van der Waals surface area contributed by atoms with Gasteiger partial charge in [0.1, 0.15) is 0 Å². The summed E-state index contributed by atoms with van der Waals surface area (Å²) in [6, 6.07) is 15.0. The largest absolute Gasteiger partial charge is 0.493 e. The van der Waals surface area contributed by atoms with Crippen molar-refractivity contribution in [3.63, 3.8) is 0 Å². The fourth-order valence-corrected chi connectivity index (χ4v) is 2.13. The van der Waals surface area contributed by atoms with E-state index in [1.54, 1.807) is 48.5 Å². The summed E-state index contributed by atoms with van der Waals surface area (Å²) in [6.07, 6.45) is 0. The fourth-order valence-electron chi connectivity index (χ4n) is 2.13. The summed E-state index contributed by atoms with van der Waals surface area (Å²) in [5, 5.41) is 2.61. The molecule has 0 heterocycles. The highest BCUT2D eigenvalue weighted by Crippen LogP contribution is 2.25. The van der Waals surface area contributed by atoms with Crippen molar-refractivity contribution >= 4 is 11.9 Å². The Kier molecular flexibility index (Phi) is 6.19. The molecule has 6 nitrogen and oxygen atoms in total. The monoisotopic (exact) mass is 329 g/mol. The highest BCUT2D eigenvalue weighted by Gasteiger charge is 2.23. The molecular formula is C18H19NO5. The van der Waals surface area contributed by atoms with Crippen molar-refractivity contribution in [3.05, 3.63) is 60.2 Å². The van der Waals surface area contributed by atoms with Crippen molar-refractivity contribution in [1.29, 1.82) is 0 Å². The van der Waals surface area contributed by atoms with Crippen molar-refractivity contribution in [2.45, 2.75) is 6.04 Å². The van der Waals surface area contributed by atoms with Gasteiger partial charge in [0.05, 0.1) is 14.2 Å². The molecule has 6 heteroatoms. The molecular weight excluding hydrogens is 310 g/mol. The maximum Gasteiger partial charge on any atom is 0.333 e. The van der Waals surface area contributed by atoms with Crippen LogP contribution in [0.15, 0.2) is 54.6 Å². The lowest BCUT2D eigenvalue weighted by molar-refractivity contribution is -0.145. The quantitative estimate of drug-likeness (QED) is 0.788. The number of nitrogens with one attached hydrogen (secondary N) is 1. The summed E-state index contributed by atoms with van der Waals surface area (Å²) in [5.74, 6) is -0.0191. The van der Waals surface area contributed by atoms with Gasteiger partial charge in [-0.2, -0.15) is 0 Å². The molecule has 0 bridgehead atoms. The van der Waals surface area contributed by atoms with E-state index in [-0.39, 0.29) is 6.61 Å². The number of carbonyl (C=O) groups excluding carboxylic acids is 2. The Morgan fingerprint density at radius 2 is 1.58 bits per heavy atom. The number of para-hydroxylation sites is 2. The van der Waals surface area contributed by atoms with Crippen LogP contribution in [-0.4, -0.2) is 32.7 Å². The van der Waals surface area contributed by atoms with E-state index < -0.39 is 17.9 Å². The van der Waals surface area contributed by atoms with Crippen LogP contribution in [0.3, 0.4) is 0 Å². The number of amides is 1. The maximum atomic E-state index is 12.1. The molecule has 0 saturated carbocycles. The number of ether oxygens (including phenoxy) is 3. The third-order valence-electron chi connectivity index (χ3n) is 3.30. The van der Waals surface area contributed by atoms with E-state index in [2.05, 4.69) is 5.32 Å². The summed E-state index contributed by atoms with van der Waals surface area (Å²) in [4.78, 5) is 24.1. The van der Waals surface area contributed by atoms with Gasteiger partial charge in [0, 0.05) is 0 Å². The topological polar surface area (TPSA) is 73.9 Å². The van der Waals surface area contributed by atoms with Crippen molar-refractivity contribution in [2.75, 3.05) is 20.8 Å². The first-order valence-electron chi connectivity index (χ1n) is 7.33. The zero-order chi connectivity index (χ0) is 17.4. The van der Waals surface area contributed by atoms with Crippen LogP contribution in [0.2, 0.25) is 0 Å². The molecule has 0 spiro atoms. The average Bonchev–Trinajstić information content (AvgIpc) is 2.64. The van der Waals surface area contributed by atoms with Gasteiger partial charge in [-0.25, -0.2) is 4.79 Å². The molecule has 2 aromatic carbocycles. The Morgan fingerprint density at radius 3 is 2.21 bits per heavy atom. The van der Waals surface area contributed by atoms with Crippen LogP contribution in [0.1, 0.15) is 11.6 Å². The maximum absolute atomic E-state index is 12.1. The van der Waals surface area contributed by atoms with Gasteiger partial charge < -0.3 is 19.5 Å². The SMILES string of the molecule is COC(=O)[C@@H](NC(=O)COc1ccccc1OC)c1ccccc1. The number of methoxy groups -OCH3 is 2. The van der Waals surface area contributed by atoms with Gasteiger partial charge in [-0.15, -0.1) is 0 Å². The van der Waals surface area contributed by atoms with Gasteiger partial charge in [0.15, 0.2) is 24.1 Å². The van der Waals surface area contributed by atoms with Gasteiger partial charge in [-0.05, 0) is 17.7 Å². The van der Waals surface area contributed by atoms with Gasteiger partial charge in [-0.3, -0.25) is 4.79 Å². The van der Waals surface area contributed by atoms with Crippen LogP contribution >= 0.6 is 0 Å². The number of benzene rings is 2. The molecule has 0 aliphatic heterocycles. The predicted molar refractivity (Wildman–Crippen MR) is 87.8 cm³/mol.